The Morgan fingerprint density at radius 1 is 1.38 bits per heavy atom. The predicted octanol–water partition coefficient (Wildman–Crippen LogP) is 0.978. The molecule has 0 atom stereocenters. The molecule has 0 amide bonds. The molecule has 0 aromatic carbocycles. The van der Waals surface area contributed by atoms with Crippen molar-refractivity contribution in [2.75, 3.05) is 13.2 Å². The summed E-state index contributed by atoms with van der Waals surface area (Å²) in [6.45, 7) is 3.21. The maximum Gasteiger partial charge on any atom is 0.0845 e. The maximum absolute atomic E-state index is 4.60. The van der Waals surface area contributed by atoms with Crippen molar-refractivity contribution in [3.05, 3.63) is 0 Å². The molecule has 0 aromatic rings. The molecule has 1 aliphatic heterocycles. The average molecular weight is 114 g/mol. The Labute approximate surface area is 49.7 Å². The van der Waals surface area contributed by atoms with Crippen molar-refractivity contribution in [3.8, 4) is 12.3 Å². The largest absolute Gasteiger partial charge is 0.237 e. The fraction of sp³-hybridized carbons (Fsp3) is 0.667. The van der Waals surface area contributed by atoms with Gasteiger partial charge in [0.05, 0.1) is 13.2 Å². The normalized spacial score (nSPS) is 16.0. The lowest BCUT2D eigenvalue weighted by atomic mass is 10.5. The Balaban J connectivity index is 0.000000145. The molecular weight excluding hydrogens is 104 g/mol. The Kier molecular flexibility index (Phi) is 6.06. The molecule has 0 saturated carbocycles. The van der Waals surface area contributed by atoms with Crippen LogP contribution in [0.2, 0.25) is 0 Å². The van der Waals surface area contributed by atoms with Gasteiger partial charge in [0.15, 0.2) is 0 Å². The third kappa shape index (κ3) is 5.48. The molecule has 0 radical (unpaired) electrons. The molecule has 0 aromatic heterocycles. The van der Waals surface area contributed by atoms with Gasteiger partial charge in [0, 0.05) is 6.42 Å². The van der Waals surface area contributed by atoms with E-state index in [2.05, 4.69) is 22.1 Å². The van der Waals surface area contributed by atoms with Gasteiger partial charge < -0.3 is 0 Å². The number of rotatable bonds is 0. The van der Waals surface area contributed by atoms with E-state index in [1.165, 1.54) is 0 Å². The number of hydrogen-bond acceptors (Lipinski definition) is 2. The van der Waals surface area contributed by atoms with E-state index in [1.807, 2.05) is 0 Å². The molecule has 2 nitrogen and oxygen atoms in total. The van der Waals surface area contributed by atoms with Crippen LogP contribution in [0.4, 0.5) is 0 Å². The zero-order valence-electron chi connectivity index (χ0n) is 5.02. The van der Waals surface area contributed by atoms with Crippen molar-refractivity contribution in [2.45, 2.75) is 13.3 Å². The van der Waals surface area contributed by atoms with Gasteiger partial charge in [-0.25, -0.2) is 9.78 Å². The minimum absolute atomic E-state index is 0.778. The van der Waals surface area contributed by atoms with Gasteiger partial charge in [-0.15, -0.1) is 12.3 Å². The SMILES string of the molecule is C#CC.C1COOC1. The highest BCUT2D eigenvalue weighted by molar-refractivity contribution is 4.73. The van der Waals surface area contributed by atoms with Crippen molar-refractivity contribution in [1.29, 1.82) is 0 Å². The Bertz CT molecular complexity index is 61.5. The standard InChI is InChI=1S/C3H6O2.C3H4/c1-2-4-5-3-1;1-3-2/h1-3H2;1H,2H3. The van der Waals surface area contributed by atoms with Crippen LogP contribution in [-0.2, 0) is 9.78 Å². The first-order valence-electron chi connectivity index (χ1n) is 2.53. The van der Waals surface area contributed by atoms with Crippen molar-refractivity contribution in [3.63, 3.8) is 0 Å². The summed E-state index contributed by atoms with van der Waals surface area (Å²) in [6.07, 6.45) is 5.65. The van der Waals surface area contributed by atoms with Crippen molar-refractivity contribution < 1.29 is 9.78 Å². The van der Waals surface area contributed by atoms with Crippen molar-refractivity contribution >= 4 is 0 Å². The Morgan fingerprint density at radius 3 is 1.88 bits per heavy atom. The van der Waals surface area contributed by atoms with Gasteiger partial charge in [0.1, 0.15) is 0 Å². The lowest BCUT2D eigenvalue weighted by Crippen LogP contribution is -1.72. The summed E-state index contributed by atoms with van der Waals surface area (Å²) in [4.78, 5) is 8.89. The zero-order valence-corrected chi connectivity index (χ0v) is 5.02. The second-order valence-corrected chi connectivity index (χ2v) is 1.29. The maximum atomic E-state index is 4.60. The molecule has 1 fully saturated rings. The number of terminal acetylenes is 1. The van der Waals surface area contributed by atoms with E-state index in [-0.39, 0.29) is 0 Å². The van der Waals surface area contributed by atoms with Gasteiger partial charge in [-0.05, 0) is 6.92 Å². The second kappa shape index (κ2) is 6.48. The summed E-state index contributed by atoms with van der Waals surface area (Å²) in [5.74, 6) is 2.25. The summed E-state index contributed by atoms with van der Waals surface area (Å²) in [5.41, 5.74) is 0. The molecule has 0 N–H and O–H groups in total. The molecule has 1 aliphatic rings. The first kappa shape index (κ1) is 7.48. The Morgan fingerprint density at radius 2 is 1.75 bits per heavy atom. The van der Waals surface area contributed by atoms with Gasteiger partial charge in [-0.1, -0.05) is 0 Å². The van der Waals surface area contributed by atoms with E-state index in [1.54, 1.807) is 6.92 Å². The van der Waals surface area contributed by atoms with Gasteiger partial charge in [0.2, 0.25) is 0 Å². The van der Waals surface area contributed by atoms with E-state index >= 15 is 0 Å². The predicted molar refractivity (Wildman–Crippen MR) is 31.0 cm³/mol. The molecule has 8 heavy (non-hydrogen) atoms. The van der Waals surface area contributed by atoms with E-state index in [0.29, 0.717) is 0 Å². The second-order valence-electron chi connectivity index (χ2n) is 1.29. The third-order valence-electron chi connectivity index (χ3n) is 0.539. The lowest BCUT2D eigenvalue weighted by Gasteiger charge is -1.77. The Hall–Kier alpha value is -0.520. The molecule has 46 valence electrons. The fourth-order valence-corrected chi connectivity index (χ4v) is 0.295. The third-order valence-corrected chi connectivity index (χ3v) is 0.539. The topological polar surface area (TPSA) is 18.5 Å². The van der Waals surface area contributed by atoms with Crippen LogP contribution in [-0.4, -0.2) is 13.2 Å². The highest BCUT2D eigenvalue weighted by atomic mass is 17.2. The van der Waals surface area contributed by atoms with E-state index in [4.69, 9.17) is 0 Å². The minimum atomic E-state index is 0.778. The molecule has 0 spiro atoms. The van der Waals surface area contributed by atoms with Crippen LogP contribution in [0.5, 0.6) is 0 Å². The van der Waals surface area contributed by atoms with Crippen LogP contribution < -0.4 is 0 Å². The first-order chi connectivity index (χ1) is 3.91. The highest BCUT2D eigenvalue weighted by Crippen LogP contribution is 1.93. The first-order valence-corrected chi connectivity index (χ1v) is 2.53. The van der Waals surface area contributed by atoms with Crippen LogP contribution >= 0.6 is 0 Å². The monoisotopic (exact) mass is 114 g/mol. The summed E-state index contributed by atoms with van der Waals surface area (Å²) in [6, 6.07) is 0. The zero-order chi connectivity index (χ0) is 6.24. The molecule has 0 unspecified atom stereocenters. The van der Waals surface area contributed by atoms with Crippen LogP contribution in [0.25, 0.3) is 0 Å². The molecule has 1 saturated heterocycles. The molecule has 0 bridgehead atoms. The smallest absolute Gasteiger partial charge is 0.0845 e. The van der Waals surface area contributed by atoms with Gasteiger partial charge in [0.25, 0.3) is 0 Å². The molecule has 0 aliphatic carbocycles. The van der Waals surface area contributed by atoms with Crippen LogP contribution in [0.3, 0.4) is 0 Å². The van der Waals surface area contributed by atoms with Gasteiger partial charge in [-0.2, -0.15) is 0 Å². The van der Waals surface area contributed by atoms with E-state index in [0.717, 1.165) is 19.6 Å². The quantitative estimate of drug-likeness (QED) is 0.345. The van der Waals surface area contributed by atoms with Gasteiger partial charge >= 0.3 is 0 Å². The summed E-state index contributed by atoms with van der Waals surface area (Å²) >= 11 is 0. The minimum Gasteiger partial charge on any atom is -0.237 e. The van der Waals surface area contributed by atoms with Crippen LogP contribution in [0.1, 0.15) is 13.3 Å². The van der Waals surface area contributed by atoms with Gasteiger partial charge in [-0.3, -0.25) is 0 Å². The van der Waals surface area contributed by atoms with Crippen LogP contribution in [0, 0.1) is 12.3 Å². The van der Waals surface area contributed by atoms with E-state index in [9.17, 15) is 0 Å². The molecule has 1 heterocycles. The summed E-state index contributed by atoms with van der Waals surface area (Å²) in [7, 11) is 0. The highest BCUT2D eigenvalue weighted by Gasteiger charge is 1.95. The van der Waals surface area contributed by atoms with E-state index < -0.39 is 0 Å². The summed E-state index contributed by atoms with van der Waals surface area (Å²) < 4.78 is 0. The molecule has 2 heteroatoms. The average Bonchev–Trinajstić information content (AvgIpc) is 2.17. The summed E-state index contributed by atoms with van der Waals surface area (Å²) in [5, 5.41) is 0. The van der Waals surface area contributed by atoms with Crippen molar-refractivity contribution in [2.24, 2.45) is 0 Å². The number of hydrogen-bond donors (Lipinski definition) is 0. The molecular formula is C6H10O2. The molecule has 1 rings (SSSR count). The lowest BCUT2D eigenvalue weighted by molar-refractivity contribution is -0.248. The fourth-order valence-electron chi connectivity index (χ4n) is 0.295. The van der Waals surface area contributed by atoms with Crippen LogP contribution in [0.15, 0.2) is 0 Å². The van der Waals surface area contributed by atoms with Crippen molar-refractivity contribution in [1.82, 2.24) is 0 Å².